The Bertz CT molecular complexity index is 504. The van der Waals surface area contributed by atoms with Crippen molar-refractivity contribution in [2.24, 2.45) is 0 Å². The Kier molecular flexibility index (Phi) is 3.79. The van der Waals surface area contributed by atoms with E-state index >= 15 is 0 Å². The molecular weight excluding hydrogens is 217 g/mol. The fourth-order valence-electron chi connectivity index (χ4n) is 2.07. The lowest BCUT2D eigenvalue weighted by molar-refractivity contribution is 0.557. The molecule has 2 rings (SSSR count). The number of hydrogen-bond acceptors (Lipinski definition) is 2. The van der Waals surface area contributed by atoms with E-state index < -0.39 is 0 Å². The van der Waals surface area contributed by atoms with E-state index in [9.17, 15) is 4.39 Å². The molecule has 2 nitrogen and oxygen atoms in total. The predicted octanol–water partition coefficient (Wildman–Crippen LogP) is 3.42. The maximum Gasteiger partial charge on any atom is 0.170 e. The summed E-state index contributed by atoms with van der Waals surface area (Å²) in [6.07, 6.45) is 3.67. The van der Waals surface area contributed by atoms with Gasteiger partial charge in [0, 0.05) is 5.39 Å². The van der Waals surface area contributed by atoms with Gasteiger partial charge in [0.15, 0.2) is 11.4 Å². The molecular formula is C14H18FNO. The number of hydrogen-bond donors (Lipinski definition) is 1. The van der Waals surface area contributed by atoms with Gasteiger partial charge in [0.2, 0.25) is 0 Å². The van der Waals surface area contributed by atoms with E-state index in [-0.39, 0.29) is 5.82 Å². The van der Waals surface area contributed by atoms with Crippen LogP contribution in [0.2, 0.25) is 0 Å². The highest BCUT2D eigenvalue weighted by Gasteiger charge is 2.11. The molecule has 0 amide bonds. The first-order valence-electron chi connectivity index (χ1n) is 6.10. The van der Waals surface area contributed by atoms with E-state index in [1.807, 2.05) is 6.92 Å². The number of furan rings is 1. The predicted molar refractivity (Wildman–Crippen MR) is 67.8 cm³/mol. The Morgan fingerprint density at radius 2 is 2.12 bits per heavy atom. The van der Waals surface area contributed by atoms with E-state index in [2.05, 4.69) is 12.2 Å². The van der Waals surface area contributed by atoms with Crippen molar-refractivity contribution in [3.8, 4) is 0 Å². The molecule has 0 aliphatic carbocycles. The van der Waals surface area contributed by atoms with Gasteiger partial charge in [0.05, 0.1) is 6.26 Å². The zero-order valence-corrected chi connectivity index (χ0v) is 10.3. The molecule has 1 aromatic heterocycles. The number of halogens is 1. The van der Waals surface area contributed by atoms with Crippen molar-refractivity contribution in [1.82, 2.24) is 5.32 Å². The zero-order valence-electron chi connectivity index (χ0n) is 10.3. The fraction of sp³-hybridized carbons (Fsp3) is 0.429. The topological polar surface area (TPSA) is 25.2 Å². The molecule has 0 saturated carbocycles. The average Bonchev–Trinajstić information content (AvgIpc) is 2.75. The monoisotopic (exact) mass is 235 g/mol. The van der Waals surface area contributed by atoms with Crippen LogP contribution in [0.3, 0.4) is 0 Å². The van der Waals surface area contributed by atoms with E-state index in [1.54, 1.807) is 12.3 Å². The summed E-state index contributed by atoms with van der Waals surface area (Å²) >= 11 is 0. The molecule has 0 aliphatic heterocycles. The van der Waals surface area contributed by atoms with Crippen molar-refractivity contribution >= 4 is 11.0 Å². The third-order valence-electron chi connectivity index (χ3n) is 2.96. The summed E-state index contributed by atoms with van der Waals surface area (Å²) in [6, 6.07) is 3.26. The lowest BCUT2D eigenvalue weighted by Gasteiger charge is -2.03. The second kappa shape index (κ2) is 5.32. The van der Waals surface area contributed by atoms with Crippen molar-refractivity contribution in [2.45, 2.75) is 26.7 Å². The van der Waals surface area contributed by atoms with Gasteiger partial charge >= 0.3 is 0 Å². The van der Waals surface area contributed by atoms with Crippen molar-refractivity contribution in [1.29, 1.82) is 0 Å². The molecule has 17 heavy (non-hydrogen) atoms. The first kappa shape index (κ1) is 12.1. The van der Waals surface area contributed by atoms with Gasteiger partial charge in [0.25, 0.3) is 0 Å². The SMILES string of the molecule is CCCNCCc1coc2c(F)ccc(C)c12. The van der Waals surface area contributed by atoms with E-state index in [0.29, 0.717) is 5.58 Å². The largest absolute Gasteiger partial charge is 0.461 e. The van der Waals surface area contributed by atoms with Crippen LogP contribution in [0.25, 0.3) is 11.0 Å². The molecule has 0 bridgehead atoms. The molecule has 92 valence electrons. The molecule has 1 heterocycles. The van der Waals surface area contributed by atoms with Crippen LogP contribution in [-0.2, 0) is 6.42 Å². The van der Waals surface area contributed by atoms with Gasteiger partial charge < -0.3 is 9.73 Å². The van der Waals surface area contributed by atoms with E-state index in [1.165, 1.54) is 6.07 Å². The molecule has 1 N–H and O–H groups in total. The number of benzene rings is 1. The number of nitrogens with one attached hydrogen (secondary N) is 1. The van der Waals surface area contributed by atoms with Gasteiger partial charge in [-0.2, -0.15) is 0 Å². The average molecular weight is 235 g/mol. The normalized spacial score (nSPS) is 11.2. The summed E-state index contributed by atoms with van der Waals surface area (Å²) in [4.78, 5) is 0. The van der Waals surface area contributed by atoms with E-state index in [0.717, 1.165) is 42.4 Å². The molecule has 0 spiro atoms. The quantitative estimate of drug-likeness (QED) is 0.803. The van der Waals surface area contributed by atoms with Gasteiger partial charge in [-0.3, -0.25) is 0 Å². The Morgan fingerprint density at radius 1 is 1.29 bits per heavy atom. The van der Waals surface area contributed by atoms with Gasteiger partial charge in [-0.25, -0.2) is 4.39 Å². The van der Waals surface area contributed by atoms with Crippen LogP contribution >= 0.6 is 0 Å². The Labute approximate surface area is 101 Å². The van der Waals surface area contributed by atoms with Crippen LogP contribution in [0.1, 0.15) is 24.5 Å². The third-order valence-corrected chi connectivity index (χ3v) is 2.96. The van der Waals surface area contributed by atoms with Gasteiger partial charge in [-0.1, -0.05) is 13.0 Å². The Balaban J connectivity index is 2.20. The highest BCUT2D eigenvalue weighted by molar-refractivity contribution is 5.85. The molecule has 0 fully saturated rings. The fourth-order valence-corrected chi connectivity index (χ4v) is 2.07. The van der Waals surface area contributed by atoms with Gasteiger partial charge in [-0.15, -0.1) is 0 Å². The molecule has 0 atom stereocenters. The van der Waals surface area contributed by atoms with Crippen LogP contribution < -0.4 is 5.32 Å². The molecule has 0 radical (unpaired) electrons. The second-order valence-electron chi connectivity index (χ2n) is 4.33. The summed E-state index contributed by atoms with van der Waals surface area (Å²) in [6.45, 7) is 6.04. The second-order valence-corrected chi connectivity index (χ2v) is 4.33. The first-order valence-corrected chi connectivity index (χ1v) is 6.10. The van der Waals surface area contributed by atoms with Crippen LogP contribution in [0, 0.1) is 12.7 Å². The molecule has 2 aromatic rings. The van der Waals surface area contributed by atoms with Crippen molar-refractivity contribution in [3.63, 3.8) is 0 Å². The Hall–Kier alpha value is -1.35. The Morgan fingerprint density at radius 3 is 2.88 bits per heavy atom. The smallest absolute Gasteiger partial charge is 0.170 e. The van der Waals surface area contributed by atoms with Crippen molar-refractivity contribution in [2.75, 3.05) is 13.1 Å². The maximum absolute atomic E-state index is 13.5. The minimum atomic E-state index is -0.279. The third kappa shape index (κ3) is 2.50. The van der Waals surface area contributed by atoms with Crippen LogP contribution in [0.4, 0.5) is 4.39 Å². The summed E-state index contributed by atoms with van der Waals surface area (Å²) in [5, 5.41) is 4.27. The van der Waals surface area contributed by atoms with Crippen LogP contribution in [0.5, 0.6) is 0 Å². The van der Waals surface area contributed by atoms with Gasteiger partial charge in [-0.05, 0) is 50.0 Å². The minimum absolute atomic E-state index is 0.279. The van der Waals surface area contributed by atoms with Gasteiger partial charge in [0.1, 0.15) is 0 Å². The summed E-state index contributed by atoms with van der Waals surface area (Å²) in [5.41, 5.74) is 2.54. The number of rotatable bonds is 5. The minimum Gasteiger partial charge on any atom is -0.461 e. The first-order chi connectivity index (χ1) is 8.24. The summed E-state index contributed by atoms with van der Waals surface area (Å²) < 4.78 is 18.8. The highest BCUT2D eigenvalue weighted by Crippen LogP contribution is 2.27. The molecule has 0 saturated heterocycles. The molecule has 1 aromatic carbocycles. The highest BCUT2D eigenvalue weighted by atomic mass is 19.1. The van der Waals surface area contributed by atoms with E-state index in [4.69, 9.17) is 4.42 Å². The lowest BCUT2D eigenvalue weighted by atomic mass is 10.1. The van der Waals surface area contributed by atoms with Crippen LogP contribution in [0.15, 0.2) is 22.8 Å². The standard InChI is InChI=1S/C14H18FNO/c1-3-7-16-8-6-11-9-17-14-12(15)5-4-10(2)13(11)14/h4-5,9,16H,3,6-8H2,1-2H3. The van der Waals surface area contributed by atoms with Crippen LogP contribution in [-0.4, -0.2) is 13.1 Å². The summed E-state index contributed by atoms with van der Waals surface area (Å²) in [7, 11) is 0. The summed E-state index contributed by atoms with van der Waals surface area (Å²) in [5.74, 6) is -0.279. The molecule has 0 unspecified atom stereocenters. The van der Waals surface area contributed by atoms with Crippen molar-refractivity contribution < 1.29 is 8.81 Å². The molecule has 0 aliphatic rings. The van der Waals surface area contributed by atoms with Crippen molar-refractivity contribution in [3.05, 3.63) is 35.3 Å². The zero-order chi connectivity index (χ0) is 12.3. The number of aryl methyl sites for hydroxylation is 1. The molecule has 3 heteroatoms. The maximum atomic E-state index is 13.5. The lowest BCUT2D eigenvalue weighted by Crippen LogP contribution is -2.17. The number of fused-ring (bicyclic) bond motifs is 1.